The summed E-state index contributed by atoms with van der Waals surface area (Å²) < 4.78 is 4.79. The van der Waals surface area contributed by atoms with Crippen LogP contribution < -0.4 is 20.7 Å². The zero-order valence-corrected chi connectivity index (χ0v) is 39.4. The van der Waals surface area contributed by atoms with Crippen LogP contribution in [0.1, 0.15) is 43.6 Å². The van der Waals surface area contributed by atoms with Crippen LogP contribution >= 0.6 is 0 Å². The second kappa shape index (κ2) is 17.2. The summed E-state index contributed by atoms with van der Waals surface area (Å²) in [5.74, 6) is 2.86. The van der Waals surface area contributed by atoms with E-state index in [1.165, 1.54) is 91.1 Å². The van der Waals surface area contributed by atoms with Crippen molar-refractivity contribution in [2.75, 3.05) is 0 Å². The Hall–Kier alpha value is -8.12. The number of benzene rings is 9. The molecule has 12 aromatic rings. The number of rotatable bonds is 9. The first-order valence-electron chi connectivity index (χ1n) is 24.5. The summed E-state index contributed by atoms with van der Waals surface area (Å²) in [5.41, 5.74) is 9.28. The van der Waals surface area contributed by atoms with Gasteiger partial charge >= 0.3 is 0 Å². The van der Waals surface area contributed by atoms with Crippen molar-refractivity contribution in [1.29, 1.82) is 0 Å². The SMILES string of the molecule is c1ccc(-c2ccc(C3CCCCC3)c(-c3nc(-n4c5ccccc5c5ccccc54)cc(-n4c5ccccc5c5ccc([Si](c6ccccc6)(c6ccccc6)c6ccccc6)cc54)n3)c2)cc1. The summed E-state index contributed by atoms with van der Waals surface area (Å²) in [6, 6.07) is 87.4. The Morgan fingerprint density at radius 2 is 0.797 bits per heavy atom. The zero-order chi connectivity index (χ0) is 45.7. The van der Waals surface area contributed by atoms with Gasteiger partial charge in [-0.05, 0) is 86.5 Å². The molecular weight excluding hydrogens is 853 g/mol. The van der Waals surface area contributed by atoms with Gasteiger partial charge in [-0.2, -0.15) is 0 Å². The lowest BCUT2D eigenvalue weighted by molar-refractivity contribution is 0.444. The van der Waals surface area contributed by atoms with Gasteiger partial charge in [0.25, 0.3) is 0 Å². The van der Waals surface area contributed by atoms with Crippen LogP contribution in [0.4, 0.5) is 0 Å². The van der Waals surface area contributed by atoms with Gasteiger partial charge in [-0.15, -0.1) is 0 Å². The largest absolute Gasteiger partial charge is 0.294 e. The topological polar surface area (TPSA) is 35.6 Å². The van der Waals surface area contributed by atoms with E-state index >= 15 is 0 Å². The Morgan fingerprint density at radius 1 is 0.348 bits per heavy atom. The minimum atomic E-state index is -2.88. The molecule has 0 bridgehead atoms. The summed E-state index contributed by atoms with van der Waals surface area (Å²) in [6.45, 7) is 0. The number of para-hydroxylation sites is 3. The molecule has 4 nitrogen and oxygen atoms in total. The lowest BCUT2D eigenvalue weighted by atomic mass is 9.81. The van der Waals surface area contributed by atoms with E-state index in [9.17, 15) is 0 Å². The van der Waals surface area contributed by atoms with Crippen LogP contribution in [0.2, 0.25) is 0 Å². The van der Waals surface area contributed by atoms with E-state index in [4.69, 9.17) is 9.97 Å². The number of hydrogen-bond donors (Lipinski definition) is 0. The number of hydrogen-bond acceptors (Lipinski definition) is 2. The molecule has 1 saturated carbocycles. The van der Waals surface area contributed by atoms with Crippen LogP contribution in [-0.4, -0.2) is 27.2 Å². The summed E-state index contributed by atoms with van der Waals surface area (Å²) in [4.78, 5) is 11.6. The van der Waals surface area contributed by atoms with Crippen molar-refractivity contribution < 1.29 is 0 Å². The molecule has 0 unspecified atom stereocenters. The Bertz CT molecular complexity index is 3670. The van der Waals surface area contributed by atoms with Crippen molar-refractivity contribution in [1.82, 2.24) is 19.1 Å². The van der Waals surface area contributed by atoms with Gasteiger partial charge < -0.3 is 0 Å². The van der Waals surface area contributed by atoms with Gasteiger partial charge in [0.1, 0.15) is 11.6 Å². The summed E-state index contributed by atoms with van der Waals surface area (Å²) in [7, 11) is -2.88. The molecule has 1 aliphatic carbocycles. The number of aromatic nitrogens is 4. The third-order valence-corrected chi connectivity index (χ3v) is 19.7. The Morgan fingerprint density at radius 3 is 1.32 bits per heavy atom. The fraction of sp³-hybridized carbons (Fsp3) is 0.0938. The quantitative estimate of drug-likeness (QED) is 0.107. The molecule has 0 radical (unpaired) electrons. The molecule has 1 fully saturated rings. The molecular formula is C64H50N4Si. The zero-order valence-electron chi connectivity index (χ0n) is 38.4. The normalized spacial score (nSPS) is 13.4. The predicted molar refractivity (Wildman–Crippen MR) is 291 cm³/mol. The lowest BCUT2D eigenvalue weighted by Crippen LogP contribution is -2.74. The fourth-order valence-electron chi connectivity index (χ4n) is 11.8. The number of nitrogens with zero attached hydrogens (tertiary/aromatic N) is 4. The molecule has 9 aromatic carbocycles. The molecule has 1 aliphatic rings. The molecule has 5 heteroatoms. The first kappa shape index (κ1) is 41.1. The van der Waals surface area contributed by atoms with Crippen molar-refractivity contribution in [2.45, 2.75) is 38.0 Å². The smallest absolute Gasteiger partial charge is 0.179 e. The van der Waals surface area contributed by atoms with Crippen molar-refractivity contribution in [3.8, 4) is 34.2 Å². The third kappa shape index (κ3) is 6.87. The van der Waals surface area contributed by atoms with Gasteiger partial charge in [-0.25, -0.2) is 9.97 Å². The molecule has 3 heterocycles. The van der Waals surface area contributed by atoms with Crippen molar-refractivity contribution in [3.05, 3.63) is 242 Å². The van der Waals surface area contributed by atoms with Crippen molar-refractivity contribution in [3.63, 3.8) is 0 Å². The van der Waals surface area contributed by atoms with Crippen LogP contribution in [0.25, 0.3) is 77.8 Å². The maximum Gasteiger partial charge on any atom is 0.179 e. The maximum absolute atomic E-state index is 5.82. The first-order chi connectivity index (χ1) is 34.2. The minimum Gasteiger partial charge on any atom is -0.294 e. The monoisotopic (exact) mass is 902 g/mol. The van der Waals surface area contributed by atoms with Crippen LogP contribution in [0.5, 0.6) is 0 Å². The van der Waals surface area contributed by atoms with Crippen molar-refractivity contribution >= 4 is 72.4 Å². The Labute approximate surface area is 403 Å². The van der Waals surface area contributed by atoms with Gasteiger partial charge in [0.2, 0.25) is 0 Å². The second-order valence-electron chi connectivity index (χ2n) is 18.7. The molecule has 13 rings (SSSR count). The highest BCUT2D eigenvalue weighted by molar-refractivity contribution is 7.20. The van der Waals surface area contributed by atoms with E-state index in [0.717, 1.165) is 45.1 Å². The summed E-state index contributed by atoms with van der Waals surface area (Å²) in [6.07, 6.45) is 6.10. The number of fused-ring (bicyclic) bond motifs is 6. The van der Waals surface area contributed by atoms with E-state index in [0.29, 0.717) is 5.92 Å². The summed E-state index contributed by atoms with van der Waals surface area (Å²) >= 11 is 0. The van der Waals surface area contributed by atoms with Crippen LogP contribution in [0.3, 0.4) is 0 Å². The second-order valence-corrected chi connectivity index (χ2v) is 22.5. The van der Waals surface area contributed by atoms with Gasteiger partial charge in [-0.3, -0.25) is 9.13 Å². The molecule has 69 heavy (non-hydrogen) atoms. The molecule has 0 saturated heterocycles. The van der Waals surface area contributed by atoms with Gasteiger partial charge in [-0.1, -0.05) is 219 Å². The molecule has 330 valence electrons. The average Bonchev–Trinajstić information content (AvgIpc) is 3.95. The Balaban J connectivity index is 1.14. The summed E-state index contributed by atoms with van der Waals surface area (Å²) in [5, 5.41) is 10.1. The Kier molecular flexibility index (Phi) is 10.2. The van der Waals surface area contributed by atoms with E-state index in [1.54, 1.807) is 0 Å². The molecule has 0 aliphatic heterocycles. The van der Waals surface area contributed by atoms with E-state index in [-0.39, 0.29) is 0 Å². The van der Waals surface area contributed by atoms with Gasteiger partial charge in [0.15, 0.2) is 13.9 Å². The van der Waals surface area contributed by atoms with E-state index in [1.807, 2.05) is 0 Å². The molecule has 0 atom stereocenters. The third-order valence-electron chi connectivity index (χ3n) is 14.9. The fourth-order valence-corrected chi connectivity index (χ4v) is 16.5. The van der Waals surface area contributed by atoms with Crippen LogP contribution in [0.15, 0.2) is 237 Å². The lowest BCUT2D eigenvalue weighted by Gasteiger charge is -2.34. The van der Waals surface area contributed by atoms with E-state index < -0.39 is 8.07 Å². The standard InChI is InChI=1S/C64H50N4Si/c1-6-22-45(23-7-1)47-38-40-52(46-24-8-2-9-25-46)57(42-47)64-65-62(67-58-35-19-16-32-53(58)54-33-17-20-36-59(54)67)44-63(66-64)68-60-37-21-18-34-55(60)56-41-39-51(43-61(56)68)69(48-26-10-3-11-27-48,49-28-12-4-13-29-49)50-30-14-5-15-31-50/h1,3-7,10-23,26-44,46H,2,8-9,24-25H2. The highest BCUT2D eigenvalue weighted by Gasteiger charge is 2.41. The molecule has 0 N–H and O–H groups in total. The molecule has 0 amide bonds. The average molecular weight is 903 g/mol. The van der Waals surface area contributed by atoms with Crippen LogP contribution in [0, 0.1) is 0 Å². The highest BCUT2D eigenvalue weighted by Crippen LogP contribution is 2.41. The first-order valence-corrected chi connectivity index (χ1v) is 26.5. The maximum atomic E-state index is 5.82. The van der Waals surface area contributed by atoms with Gasteiger partial charge in [0.05, 0.1) is 22.1 Å². The highest BCUT2D eigenvalue weighted by atomic mass is 28.3. The van der Waals surface area contributed by atoms with Crippen LogP contribution in [-0.2, 0) is 0 Å². The van der Waals surface area contributed by atoms with Gasteiger partial charge in [0, 0.05) is 33.2 Å². The molecule has 0 spiro atoms. The minimum absolute atomic E-state index is 0.436. The molecule has 3 aromatic heterocycles. The van der Waals surface area contributed by atoms with Crippen molar-refractivity contribution in [2.24, 2.45) is 0 Å². The van der Waals surface area contributed by atoms with E-state index in [2.05, 4.69) is 246 Å². The predicted octanol–water partition coefficient (Wildman–Crippen LogP) is 13.4.